The van der Waals surface area contributed by atoms with Crippen molar-refractivity contribution in [2.75, 3.05) is 40.6 Å². The largest absolute Gasteiger partial charge is 0.453 e. The Kier molecular flexibility index (Phi) is 12.5. The van der Waals surface area contributed by atoms with Crippen molar-refractivity contribution in [3.63, 3.8) is 0 Å². The number of ether oxygens (including phenoxy) is 4. The monoisotopic (exact) mass is 872 g/mol. The molecular formula is C48H56N8O8. The van der Waals surface area contributed by atoms with Gasteiger partial charge in [-0.15, -0.1) is 0 Å². The number of nitrogens with zero attached hydrogens (tertiary/aromatic N) is 4. The van der Waals surface area contributed by atoms with Gasteiger partial charge in [0.25, 0.3) is 0 Å². The molecule has 4 saturated heterocycles. The zero-order valence-electron chi connectivity index (χ0n) is 36.8. The number of aromatic amines is 2. The van der Waals surface area contributed by atoms with Gasteiger partial charge in [0, 0.05) is 55.0 Å². The highest BCUT2D eigenvalue weighted by molar-refractivity contribution is 6.04. The predicted molar refractivity (Wildman–Crippen MR) is 238 cm³/mol. The van der Waals surface area contributed by atoms with Crippen molar-refractivity contribution >= 4 is 56.8 Å². The number of hydrogen-bond acceptors (Lipinski definition) is 10. The zero-order chi connectivity index (χ0) is 44.5. The molecule has 0 aliphatic carbocycles. The van der Waals surface area contributed by atoms with E-state index in [4.69, 9.17) is 28.9 Å². The molecule has 3 aromatic carbocycles. The fourth-order valence-electron chi connectivity index (χ4n) is 10.3. The van der Waals surface area contributed by atoms with Gasteiger partial charge in [-0.1, -0.05) is 24.0 Å². The topological polar surface area (TPSA) is 193 Å². The van der Waals surface area contributed by atoms with Crippen molar-refractivity contribution in [3.8, 4) is 11.8 Å². The highest BCUT2D eigenvalue weighted by atomic mass is 16.5. The standard InChI is InChI=1S/C48H56N8O8/c1-27-5-15-38(55(27)45(57)40(53-47(59)61-3)31-17-21-63-22-18-31)43-49-35-13-10-30(26-37(35)51-43)8-7-29-9-12-34-33(25-29)11-14-36-42(34)52-44(50-36)39-16-6-28(2)56(39)46(58)41(54-48(60)62-4)32-19-23-64-24-20-32/h9-14,25-28,31-32,38-41H,5-6,15-24H2,1-4H3,(H,49,51)(H,50,52)(H,53,59)(H,54,60)/t27-,28-,38-,39-,40+,41+/m0/s1. The van der Waals surface area contributed by atoms with E-state index in [0.29, 0.717) is 57.9 Å². The molecule has 9 rings (SSSR count). The van der Waals surface area contributed by atoms with Crippen LogP contribution in [0.15, 0.2) is 48.5 Å². The number of benzene rings is 3. The third-order valence-corrected chi connectivity index (χ3v) is 13.7. The lowest BCUT2D eigenvalue weighted by molar-refractivity contribution is -0.139. The Hall–Kier alpha value is -6.18. The molecule has 4 amide bonds. The number of hydrogen-bond donors (Lipinski definition) is 4. The molecule has 2 aromatic heterocycles. The number of carbonyl (C=O) groups is 4. The summed E-state index contributed by atoms with van der Waals surface area (Å²) in [6, 6.07) is 14.0. The number of imidazole rings is 2. The van der Waals surface area contributed by atoms with Gasteiger partial charge in [0.05, 0.1) is 48.4 Å². The number of nitrogens with one attached hydrogen (secondary N) is 4. The van der Waals surface area contributed by atoms with Crippen molar-refractivity contribution in [2.24, 2.45) is 11.8 Å². The summed E-state index contributed by atoms with van der Waals surface area (Å²) in [5.41, 5.74) is 4.98. The maximum Gasteiger partial charge on any atom is 0.407 e. The van der Waals surface area contributed by atoms with Crippen molar-refractivity contribution in [1.29, 1.82) is 0 Å². The van der Waals surface area contributed by atoms with Crippen LogP contribution in [0.25, 0.3) is 32.8 Å². The molecule has 4 N–H and O–H groups in total. The molecular weight excluding hydrogens is 817 g/mol. The molecule has 0 spiro atoms. The average molecular weight is 873 g/mol. The second-order valence-corrected chi connectivity index (χ2v) is 17.6. The molecule has 0 unspecified atom stereocenters. The lowest BCUT2D eigenvalue weighted by Crippen LogP contribution is -2.54. The smallest absolute Gasteiger partial charge is 0.407 e. The summed E-state index contributed by atoms with van der Waals surface area (Å²) in [7, 11) is 2.62. The van der Waals surface area contributed by atoms with Crippen LogP contribution in [0.2, 0.25) is 0 Å². The molecule has 16 nitrogen and oxygen atoms in total. The van der Waals surface area contributed by atoms with E-state index in [0.717, 1.165) is 75.5 Å². The minimum Gasteiger partial charge on any atom is -0.453 e. The molecule has 6 heterocycles. The summed E-state index contributed by atoms with van der Waals surface area (Å²) in [5.74, 6) is 7.74. The molecule has 0 radical (unpaired) electrons. The SMILES string of the molecule is COC(=O)N[C@@H](C(=O)N1[C@@H](C)CC[C@H]1c1nc2ccc(C#Cc3ccc4c(ccc5[nH]c([C@@H]6CC[C@H](C)N6C(=O)[C@H](NC(=O)OC)C6CCOCC6)nc54)c3)cc2[nH]1)C1CCOCC1. The highest BCUT2D eigenvalue weighted by Crippen LogP contribution is 2.39. The van der Waals surface area contributed by atoms with E-state index in [9.17, 15) is 19.2 Å². The number of rotatable bonds is 8. The molecule has 64 heavy (non-hydrogen) atoms. The van der Waals surface area contributed by atoms with Gasteiger partial charge in [0.2, 0.25) is 11.8 Å². The van der Waals surface area contributed by atoms with Crippen molar-refractivity contribution < 1.29 is 38.1 Å². The normalized spacial score (nSPS) is 22.9. The average Bonchev–Trinajstić information content (AvgIpc) is 4.13. The number of methoxy groups -OCH3 is 2. The van der Waals surface area contributed by atoms with Gasteiger partial charge in [0.15, 0.2) is 0 Å². The fourth-order valence-corrected chi connectivity index (χ4v) is 10.3. The third kappa shape index (κ3) is 8.58. The van der Waals surface area contributed by atoms with Crippen molar-refractivity contribution in [2.45, 2.75) is 101 Å². The van der Waals surface area contributed by atoms with Gasteiger partial charge in [0.1, 0.15) is 23.7 Å². The molecule has 4 aliphatic heterocycles. The number of alkyl carbamates (subject to hydrolysis) is 2. The van der Waals surface area contributed by atoms with Crippen molar-refractivity contribution in [3.05, 3.63) is 71.3 Å². The van der Waals surface area contributed by atoms with Crippen LogP contribution >= 0.6 is 0 Å². The molecule has 6 atom stereocenters. The zero-order valence-corrected chi connectivity index (χ0v) is 36.8. The van der Waals surface area contributed by atoms with Gasteiger partial charge < -0.3 is 49.3 Å². The van der Waals surface area contributed by atoms with Gasteiger partial charge in [-0.3, -0.25) is 9.59 Å². The molecule has 4 fully saturated rings. The molecule has 0 saturated carbocycles. The highest BCUT2D eigenvalue weighted by Gasteiger charge is 2.44. The Bertz CT molecular complexity index is 2620. The van der Waals surface area contributed by atoms with E-state index in [-0.39, 0.29) is 47.8 Å². The van der Waals surface area contributed by atoms with E-state index in [1.807, 2.05) is 53.1 Å². The summed E-state index contributed by atoms with van der Waals surface area (Å²) in [4.78, 5) is 74.2. The van der Waals surface area contributed by atoms with E-state index in [2.05, 4.69) is 51.5 Å². The van der Waals surface area contributed by atoms with E-state index < -0.39 is 24.3 Å². The van der Waals surface area contributed by atoms with Gasteiger partial charge in [-0.05, 0) is 119 Å². The second-order valence-electron chi connectivity index (χ2n) is 17.6. The van der Waals surface area contributed by atoms with Crippen LogP contribution < -0.4 is 10.6 Å². The van der Waals surface area contributed by atoms with Gasteiger partial charge in [-0.2, -0.15) is 0 Å². The maximum absolute atomic E-state index is 14.3. The van der Waals surface area contributed by atoms with Crippen LogP contribution in [0.5, 0.6) is 0 Å². The van der Waals surface area contributed by atoms with Crippen LogP contribution in [0, 0.1) is 23.7 Å². The first kappa shape index (κ1) is 43.1. The van der Waals surface area contributed by atoms with Gasteiger partial charge in [-0.25, -0.2) is 19.6 Å². The minimum absolute atomic E-state index is 0.0299. The number of likely N-dealkylation sites (tertiary alicyclic amines) is 2. The first-order valence-electron chi connectivity index (χ1n) is 22.5. The number of H-pyrrole nitrogens is 2. The Morgan fingerprint density at radius 1 is 0.656 bits per heavy atom. The Balaban J connectivity index is 0.928. The van der Waals surface area contributed by atoms with E-state index in [1.165, 1.54) is 14.2 Å². The second kappa shape index (κ2) is 18.5. The van der Waals surface area contributed by atoms with E-state index >= 15 is 0 Å². The summed E-state index contributed by atoms with van der Waals surface area (Å²) >= 11 is 0. The number of fused-ring (bicyclic) bond motifs is 4. The quantitative estimate of drug-likeness (QED) is 0.127. The molecule has 336 valence electrons. The van der Waals surface area contributed by atoms with Crippen LogP contribution in [-0.2, 0) is 28.5 Å². The first-order valence-corrected chi connectivity index (χ1v) is 22.5. The van der Waals surface area contributed by atoms with E-state index in [1.54, 1.807) is 0 Å². The lowest BCUT2D eigenvalue weighted by Gasteiger charge is -2.36. The predicted octanol–water partition coefficient (Wildman–Crippen LogP) is 6.40. The Labute approximate surface area is 371 Å². The first-order chi connectivity index (χ1) is 31.1. The lowest BCUT2D eigenvalue weighted by atomic mass is 9.90. The maximum atomic E-state index is 14.3. The Morgan fingerprint density at radius 2 is 1.17 bits per heavy atom. The molecule has 4 aliphatic rings. The molecule has 16 heteroatoms. The van der Waals surface area contributed by atoms with Gasteiger partial charge >= 0.3 is 12.2 Å². The summed E-state index contributed by atoms with van der Waals surface area (Å²) in [5, 5.41) is 7.64. The Morgan fingerprint density at radius 3 is 1.73 bits per heavy atom. The molecule has 5 aromatic rings. The number of aromatic nitrogens is 4. The van der Waals surface area contributed by atoms with Crippen LogP contribution in [0.1, 0.15) is 100 Å². The van der Waals surface area contributed by atoms with Crippen molar-refractivity contribution in [1.82, 2.24) is 40.4 Å². The van der Waals surface area contributed by atoms with Crippen LogP contribution in [0.4, 0.5) is 9.59 Å². The summed E-state index contributed by atoms with van der Waals surface area (Å²) in [6.45, 7) is 6.28. The summed E-state index contributed by atoms with van der Waals surface area (Å²) in [6.07, 6.45) is 4.60. The fraction of sp³-hybridized carbons (Fsp3) is 0.500. The summed E-state index contributed by atoms with van der Waals surface area (Å²) < 4.78 is 20.9. The van der Waals surface area contributed by atoms with Crippen LogP contribution in [-0.4, -0.2) is 119 Å². The number of carbonyl (C=O) groups excluding carboxylic acids is 4. The third-order valence-electron chi connectivity index (χ3n) is 13.7. The number of amides is 4. The minimum atomic E-state index is -0.716. The molecule has 0 bridgehead atoms. The van der Waals surface area contributed by atoms with Crippen LogP contribution in [0.3, 0.4) is 0 Å².